The second kappa shape index (κ2) is 9.27. The fraction of sp³-hybridized carbons (Fsp3) is 0.333. The fourth-order valence-corrected chi connectivity index (χ4v) is 3.77. The maximum absolute atomic E-state index is 13.5. The number of hydrogen-bond donors (Lipinski definition) is 0. The summed E-state index contributed by atoms with van der Waals surface area (Å²) in [6.45, 7) is 1.84. The number of nitrogens with zero attached hydrogens (tertiary/aromatic N) is 4. The Balaban J connectivity index is 1.77. The van der Waals surface area contributed by atoms with Crippen LogP contribution in [0.3, 0.4) is 0 Å². The number of benzene rings is 1. The molecule has 11 heteroatoms. The highest BCUT2D eigenvalue weighted by Crippen LogP contribution is 2.39. The van der Waals surface area contributed by atoms with E-state index < -0.39 is 41.0 Å². The van der Waals surface area contributed by atoms with E-state index in [1.165, 1.54) is 23.5 Å². The van der Waals surface area contributed by atoms with Crippen molar-refractivity contribution in [2.45, 2.75) is 38.2 Å². The second-order valence-electron chi connectivity index (χ2n) is 8.39. The molecule has 1 saturated carbocycles. The SMILES string of the molecule is CC(c1cccnc1-c1ncccn1)N(CC1CC1)C(=O)c1cc(C(F)(F)F)cc(C(F)(F)F)c1. The van der Waals surface area contributed by atoms with Crippen molar-refractivity contribution in [1.29, 1.82) is 0 Å². The molecule has 1 aromatic carbocycles. The molecule has 4 rings (SSSR count). The van der Waals surface area contributed by atoms with Crippen LogP contribution in [0, 0.1) is 5.92 Å². The van der Waals surface area contributed by atoms with Gasteiger partial charge < -0.3 is 4.90 Å². The lowest BCUT2D eigenvalue weighted by atomic mass is 10.00. The number of hydrogen-bond acceptors (Lipinski definition) is 4. The van der Waals surface area contributed by atoms with Gasteiger partial charge in [-0.25, -0.2) is 9.97 Å². The molecule has 1 aliphatic carbocycles. The Morgan fingerprint density at radius 2 is 1.51 bits per heavy atom. The Morgan fingerprint density at radius 1 is 0.943 bits per heavy atom. The van der Waals surface area contributed by atoms with E-state index in [9.17, 15) is 31.1 Å². The Kier molecular flexibility index (Phi) is 6.52. The minimum absolute atomic E-state index is 0.0113. The van der Waals surface area contributed by atoms with Gasteiger partial charge in [0.2, 0.25) is 0 Å². The van der Waals surface area contributed by atoms with Crippen LogP contribution in [0.1, 0.15) is 52.9 Å². The van der Waals surface area contributed by atoms with Crippen molar-refractivity contribution in [1.82, 2.24) is 19.9 Å². The molecule has 1 fully saturated rings. The molecule has 2 heterocycles. The van der Waals surface area contributed by atoms with Gasteiger partial charge in [-0.15, -0.1) is 0 Å². The molecule has 184 valence electrons. The van der Waals surface area contributed by atoms with Crippen molar-refractivity contribution >= 4 is 5.91 Å². The van der Waals surface area contributed by atoms with Gasteiger partial charge >= 0.3 is 12.4 Å². The normalized spacial score (nSPS) is 15.1. The summed E-state index contributed by atoms with van der Waals surface area (Å²) < 4.78 is 80.2. The Labute approximate surface area is 196 Å². The standard InChI is InChI=1S/C24H20F6N4O/c1-14(19-4-2-7-31-20(19)21-32-8-3-9-33-21)34(13-15-5-6-15)22(35)16-10-17(23(25,26)27)12-18(11-16)24(28,29)30/h2-4,7-12,14-15H,5-6,13H2,1H3. The number of rotatable bonds is 6. The van der Waals surface area contributed by atoms with Crippen LogP contribution >= 0.6 is 0 Å². The molecule has 1 atom stereocenters. The van der Waals surface area contributed by atoms with E-state index in [2.05, 4.69) is 15.0 Å². The number of amides is 1. The maximum Gasteiger partial charge on any atom is 0.416 e. The van der Waals surface area contributed by atoms with Gasteiger partial charge in [-0.1, -0.05) is 6.07 Å². The van der Waals surface area contributed by atoms with Crippen LogP contribution in [-0.2, 0) is 12.4 Å². The fourth-order valence-electron chi connectivity index (χ4n) is 3.77. The van der Waals surface area contributed by atoms with E-state index in [1.807, 2.05) is 0 Å². The van der Waals surface area contributed by atoms with Crippen molar-refractivity contribution in [3.63, 3.8) is 0 Å². The summed E-state index contributed by atoms with van der Waals surface area (Å²) in [5, 5.41) is 0. The minimum atomic E-state index is -5.05. The summed E-state index contributed by atoms with van der Waals surface area (Å²) in [5.74, 6) is -0.528. The van der Waals surface area contributed by atoms with Crippen LogP contribution in [0.25, 0.3) is 11.5 Å². The molecule has 0 N–H and O–H groups in total. The van der Waals surface area contributed by atoms with Crippen LogP contribution < -0.4 is 0 Å². The minimum Gasteiger partial charge on any atom is -0.332 e. The Morgan fingerprint density at radius 3 is 2.06 bits per heavy atom. The smallest absolute Gasteiger partial charge is 0.332 e. The first kappa shape index (κ1) is 24.6. The molecular formula is C24H20F6N4O. The van der Waals surface area contributed by atoms with E-state index in [0.29, 0.717) is 23.4 Å². The van der Waals surface area contributed by atoms with E-state index in [0.717, 1.165) is 12.8 Å². The van der Waals surface area contributed by atoms with Gasteiger partial charge in [-0.2, -0.15) is 26.3 Å². The predicted molar refractivity (Wildman–Crippen MR) is 114 cm³/mol. The highest BCUT2D eigenvalue weighted by Gasteiger charge is 2.39. The van der Waals surface area contributed by atoms with Gasteiger partial charge in [0.05, 0.1) is 17.2 Å². The topological polar surface area (TPSA) is 59.0 Å². The van der Waals surface area contributed by atoms with E-state index in [1.54, 1.807) is 25.1 Å². The third-order valence-electron chi connectivity index (χ3n) is 5.78. The molecule has 2 aromatic heterocycles. The van der Waals surface area contributed by atoms with Gasteiger partial charge in [-0.05, 0) is 56.0 Å². The zero-order valence-electron chi connectivity index (χ0n) is 18.4. The predicted octanol–water partition coefficient (Wildman–Crippen LogP) is 6.19. The van der Waals surface area contributed by atoms with E-state index in [4.69, 9.17) is 0 Å². The number of pyridine rings is 1. The van der Waals surface area contributed by atoms with Crippen molar-refractivity contribution in [2.24, 2.45) is 5.92 Å². The lowest BCUT2D eigenvalue weighted by Crippen LogP contribution is -2.36. The molecule has 0 spiro atoms. The molecular weight excluding hydrogens is 474 g/mol. The van der Waals surface area contributed by atoms with E-state index >= 15 is 0 Å². The number of carbonyl (C=O) groups excluding carboxylic acids is 1. The maximum atomic E-state index is 13.5. The first-order chi connectivity index (χ1) is 16.4. The van der Waals surface area contributed by atoms with Crippen molar-refractivity contribution < 1.29 is 31.1 Å². The number of halogens is 6. The summed E-state index contributed by atoms with van der Waals surface area (Å²) in [6, 6.07) is 5.15. The highest BCUT2D eigenvalue weighted by molar-refractivity contribution is 5.95. The Hall–Kier alpha value is -3.50. The van der Waals surface area contributed by atoms with Crippen molar-refractivity contribution in [3.8, 4) is 11.5 Å². The van der Waals surface area contributed by atoms with Crippen molar-refractivity contribution in [3.05, 3.63) is 77.2 Å². The summed E-state index contributed by atoms with van der Waals surface area (Å²) in [5.41, 5.74) is -2.85. The second-order valence-corrected chi connectivity index (χ2v) is 8.39. The molecule has 1 aliphatic rings. The molecule has 1 amide bonds. The van der Waals surface area contributed by atoms with Gasteiger partial charge in [0.1, 0.15) is 5.69 Å². The van der Waals surface area contributed by atoms with Crippen LogP contribution in [-0.4, -0.2) is 32.3 Å². The zero-order chi connectivity index (χ0) is 25.4. The average molecular weight is 494 g/mol. The van der Waals surface area contributed by atoms with Crippen LogP contribution in [0.15, 0.2) is 55.0 Å². The first-order valence-electron chi connectivity index (χ1n) is 10.8. The lowest BCUT2D eigenvalue weighted by molar-refractivity contribution is -0.143. The molecule has 0 saturated heterocycles. The molecule has 3 aromatic rings. The third-order valence-corrected chi connectivity index (χ3v) is 5.78. The summed E-state index contributed by atoms with van der Waals surface area (Å²) in [7, 11) is 0. The number of aromatic nitrogens is 3. The number of carbonyl (C=O) groups is 1. The Bertz CT molecular complexity index is 1180. The third kappa shape index (κ3) is 5.60. The van der Waals surface area contributed by atoms with Gasteiger partial charge in [0.25, 0.3) is 5.91 Å². The first-order valence-corrected chi connectivity index (χ1v) is 10.8. The zero-order valence-corrected chi connectivity index (χ0v) is 18.4. The molecule has 0 bridgehead atoms. The molecule has 35 heavy (non-hydrogen) atoms. The lowest BCUT2D eigenvalue weighted by Gasteiger charge is -2.31. The largest absolute Gasteiger partial charge is 0.416 e. The van der Waals surface area contributed by atoms with Gasteiger partial charge in [-0.3, -0.25) is 9.78 Å². The van der Waals surface area contributed by atoms with E-state index in [-0.39, 0.29) is 24.4 Å². The van der Waals surface area contributed by atoms with Crippen LogP contribution in [0.5, 0.6) is 0 Å². The van der Waals surface area contributed by atoms with Crippen LogP contribution in [0.2, 0.25) is 0 Å². The van der Waals surface area contributed by atoms with Gasteiger partial charge in [0, 0.05) is 36.3 Å². The summed E-state index contributed by atoms with van der Waals surface area (Å²) in [6.07, 6.45) is -3.94. The van der Waals surface area contributed by atoms with Gasteiger partial charge in [0.15, 0.2) is 5.82 Å². The summed E-state index contributed by atoms with van der Waals surface area (Å²) >= 11 is 0. The molecule has 0 radical (unpaired) electrons. The summed E-state index contributed by atoms with van der Waals surface area (Å²) in [4.78, 5) is 27.4. The average Bonchev–Trinajstić information content (AvgIpc) is 3.65. The van der Waals surface area contributed by atoms with Crippen LogP contribution in [0.4, 0.5) is 26.3 Å². The quantitative estimate of drug-likeness (QED) is 0.384. The van der Waals surface area contributed by atoms with Crippen molar-refractivity contribution in [2.75, 3.05) is 6.54 Å². The highest BCUT2D eigenvalue weighted by atomic mass is 19.4. The molecule has 0 aliphatic heterocycles. The molecule has 5 nitrogen and oxygen atoms in total. The monoisotopic (exact) mass is 494 g/mol. The number of alkyl halides is 6. The molecule has 1 unspecified atom stereocenters.